The summed E-state index contributed by atoms with van der Waals surface area (Å²) in [6, 6.07) is 6.17. The van der Waals surface area contributed by atoms with Crippen LogP contribution < -0.4 is 5.63 Å². The zero-order chi connectivity index (χ0) is 13.4. The van der Waals surface area contributed by atoms with Crippen LogP contribution >= 0.6 is 0 Å². The number of benzene rings is 1. The number of phenolic OH excluding ortho intramolecular Hbond substituents is 1. The maximum atomic E-state index is 11.3. The average Bonchev–Trinajstić information content (AvgIpc) is 2.31. The van der Waals surface area contributed by atoms with Crippen LogP contribution in [0.15, 0.2) is 39.1 Å². The van der Waals surface area contributed by atoms with Crippen LogP contribution in [-0.4, -0.2) is 12.2 Å². The van der Waals surface area contributed by atoms with E-state index in [0.29, 0.717) is 5.58 Å². The second-order valence-corrected chi connectivity index (χ2v) is 4.65. The van der Waals surface area contributed by atoms with E-state index in [4.69, 9.17) is 9.15 Å². The number of aromatic hydroxyl groups is 1. The summed E-state index contributed by atoms with van der Waals surface area (Å²) in [4.78, 5) is 11.3. The Bertz CT molecular complexity index is 718. The van der Waals surface area contributed by atoms with Crippen molar-refractivity contribution in [1.82, 2.24) is 0 Å². The number of rotatable bonds is 2. The summed E-state index contributed by atoms with van der Waals surface area (Å²) in [6.07, 6.45) is 3.18. The maximum Gasteiger partial charge on any atom is 0.336 e. The first-order chi connectivity index (χ1) is 9.19. The van der Waals surface area contributed by atoms with Crippen molar-refractivity contribution in [2.75, 3.05) is 7.11 Å². The zero-order valence-corrected chi connectivity index (χ0v) is 10.6. The molecule has 4 nitrogen and oxygen atoms in total. The zero-order valence-electron chi connectivity index (χ0n) is 10.6. The average molecular weight is 258 g/mol. The van der Waals surface area contributed by atoms with Gasteiger partial charge in [-0.15, -0.1) is 0 Å². The minimum atomic E-state index is -0.431. The second-order valence-electron chi connectivity index (χ2n) is 4.65. The van der Waals surface area contributed by atoms with Gasteiger partial charge in [-0.05, 0) is 37.0 Å². The number of fused-ring (bicyclic) bond motifs is 1. The van der Waals surface area contributed by atoms with Crippen LogP contribution in [0.5, 0.6) is 5.75 Å². The Morgan fingerprint density at radius 3 is 2.74 bits per heavy atom. The molecule has 1 N–H and O–H groups in total. The molecule has 0 atom stereocenters. The molecule has 1 aromatic heterocycles. The lowest BCUT2D eigenvalue weighted by molar-refractivity contribution is 0.359. The summed E-state index contributed by atoms with van der Waals surface area (Å²) < 4.78 is 10.6. The first-order valence-electron chi connectivity index (χ1n) is 6.22. The van der Waals surface area contributed by atoms with Gasteiger partial charge in [0.2, 0.25) is 0 Å². The molecule has 1 heterocycles. The molecule has 0 bridgehead atoms. The smallest absolute Gasteiger partial charge is 0.336 e. The molecule has 4 heteroatoms. The monoisotopic (exact) mass is 258 g/mol. The van der Waals surface area contributed by atoms with Gasteiger partial charge < -0.3 is 14.3 Å². The standard InChI is InChI=1S/C15H14O4/c1-18-15(9-3-2-4-9)12-7-10(16)8-13-11(12)5-6-14(17)19-13/h5-8,16H,2-4H2,1H3. The topological polar surface area (TPSA) is 59.7 Å². The molecule has 1 aliphatic carbocycles. The van der Waals surface area contributed by atoms with Gasteiger partial charge in [-0.3, -0.25) is 0 Å². The molecule has 19 heavy (non-hydrogen) atoms. The minimum absolute atomic E-state index is 0.0614. The van der Waals surface area contributed by atoms with E-state index in [1.165, 1.54) is 17.7 Å². The molecule has 1 saturated carbocycles. The molecular weight excluding hydrogens is 244 g/mol. The molecular formula is C15H14O4. The van der Waals surface area contributed by atoms with Gasteiger partial charge in [0.25, 0.3) is 0 Å². The van der Waals surface area contributed by atoms with Gasteiger partial charge in [0.05, 0.1) is 7.11 Å². The van der Waals surface area contributed by atoms with Crippen molar-refractivity contribution in [1.29, 1.82) is 0 Å². The number of hydrogen-bond acceptors (Lipinski definition) is 4. The van der Waals surface area contributed by atoms with E-state index in [1.54, 1.807) is 19.2 Å². The summed E-state index contributed by atoms with van der Waals surface area (Å²) in [5.74, 6) is 0.840. The highest BCUT2D eigenvalue weighted by Gasteiger charge is 2.19. The molecule has 1 aromatic carbocycles. The SMILES string of the molecule is COC(=C1CCC1)c1cc(O)cc2oc(=O)ccc12. The Labute approximate surface area is 109 Å². The van der Waals surface area contributed by atoms with Crippen molar-refractivity contribution in [3.8, 4) is 5.75 Å². The number of ether oxygens (including phenoxy) is 1. The lowest BCUT2D eigenvalue weighted by atomic mass is 9.88. The number of phenols is 1. The Kier molecular flexibility index (Phi) is 2.78. The summed E-state index contributed by atoms with van der Waals surface area (Å²) in [5.41, 5.74) is 1.95. The highest BCUT2D eigenvalue weighted by molar-refractivity contribution is 5.91. The second kappa shape index (κ2) is 4.46. The van der Waals surface area contributed by atoms with Crippen LogP contribution in [0.25, 0.3) is 16.7 Å². The Hall–Kier alpha value is -2.23. The molecule has 2 aromatic rings. The summed E-state index contributed by atoms with van der Waals surface area (Å²) in [7, 11) is 1.62. The predicted molar refractivity (Wildman–Crippen MR) is 71.9 cm³/mol. The van der Waals surface area contributed by atoms with Gasteiger partial charge in [0, 0.05) is 23.1 Å². The van der Waals surface area contributed by atoms with Crippen LogP contribution in [0, 0.1) is 0 Å². The highest BCUT2D eigenvalue weighted by atomic mass is 16.5. The Morgan fingerprint density at radius 1 is 1.32 bits per heavy atom. The van der Waals surface area contributed by atoms with E-state index >= 15 is 0 Å². The highest BCUT2D eigenvalue weighted by Crippen LogP contribution is 2.37. The summed E-state index contributed by atoms with van der Waals surface area (Å²) >= 11 is 0. The van der Waals surface area contributed by atoms with Gasteiger partial charge in [-0.25, -0.2) is 4.79 Å². The van der Waals surface area contributed by atoms with E-state index < -0.39 is 5.63 Å². The van der Waals surface area contributed by atoms with Crippen LogP contribution in [0.3, 0.4) is 0 Å². The third-order valence-electron chi connectivity index (χ3n) is 3.45. The van der Waals surface area contributed by atoms with Gasteiger partial charge in [0.15, 0.2) is 0 Å². The van der Waals surface area contributed by atoms with Gasteiger partial charge in [-0.2, -0.15) is 0 Å². The molecule has 1 aliphatic rings. The van der Waals surface area contributed by atoms with Gasteiger partial charge >= 0.3 is 5.63 Å². The van der Waals surface area contributed by atoms with E-state index in [2.05, 4.69) is 0 Å². The third-order valence-corrected chi connectivity index (χ3v) is 3.45. The van der Waals surface area contributed by atoms with Crippen molar-refractivity contribution in [2.45, 2.75) is 19.3 Å². The number of allylic oxidation sites excluding steroid dienone is 1. The number of hydrogen-bond donors (Lipinski definition) is 1. The quantitative estimate of drug-likeness (QED) is 0.664. The number of methoxy groups -OCH3 is 1. The van der Waals surface area contributed by atoms with E-state index in [-0.39, 0.29) is 5.75 Å². The van der Waals surface area contributed by atoms with Crippen LogP contribution in [0.4, 0.5) is 0 Å². The first-order valence-corrected chi connectivity index (χ1v) is 6.22. The largest absolute Gasteiger partial charge is 0.508 e. The Balaban J connectivity index is 2.31. The third kappa shape index (κ3) is 1.99. The molecule has 3 rings (SSSR count). The van der Waals surface area contributed by atoms with E-state index in [0.717, 1.165) is 36.0 Å². The van der Waals surface area contributed by atoms with E-state index in [9.17, 15) is 9.90 Å². The van der Waals surface area contributed by atoms with Crippen LogP contribution in [0.2, 0.25) is 0 Å². The Morgan fingerprint density at radius 2 is 2.11 bits per heavy atom. The molecule has 0 saturated heterocycles. The lowest BCUT2D eigenvalue weighted by Crippen LogP contribution is -2.04. The van der Waals surface area contributed by atoms with Crippen molar-refractivity contribution >= 4 is 16.7 Å². The molecule has 1 fully saturated rings. The van der Waals surface area contributed by atoms with Gasteiger partial charge in [-0.1, -0.05) is 0 Å². The molecule has 0 radical (unpaired) electrons. The summed E-state index contributed by atoms with van der Waals surface area (Å²) in [5, 5.41) is 10.6. The summed E-state index contributed by atoms with van der Waals surface area (Å²) in [6.45, 7) is 0. The molecule has 0 unspecified atom stereocenters. The van der Waals surface area contributed by atoms with Crippen molar-refractivity contribution in [2.24, 2.45) is 0 Å². The molecule has 0 aliphatic heterocycles. The first kappa shape index (κ1) is 11.8. The fraction of sp³-hybridized carbons (Fsp3) is 0.267. The predicted octanol–water partition coefficient (Wildman–Crippen LogP) is 3.04. The van der Waals surface area contributed by atoms with Crippen molar-refractivity contribution < 1.29 is 14.3 Å². The molecule has 0 amide bonds. The van der Waals surface area contributed by atoms with Gasteiger partial charge in [0.1, 0.15) is 17.1 Å². The fourth-order valence-corrected chi connectivity index (χ4v) is 2.38. The normalized spacial score (nSPS) is 14.3. The lowest BCUT2D eigenvalue weighted by Gasteiger charge is -2.22. The maximum absolute atomic E-state index is 11.3. The molecule has 0 spiro atoms. The minimum Gasteiger partial charge on any atom is -0.508 e. The van der Waals surface area contributed by atoms with Crippen molar-refractivity contribution in [3.63, 3.8) is 0 Å². The molecule has 98 valence electrons. The fourth-order valence-electron chi connectivity index (χ4n) is 2.38. The van der Waals surface area contributed by atoms with E-state index in [1.807, 2.05) is 0 Å². The van der Waals surface area contributed by atoms with Crippen molar-refractivity contribution in [3.05, 3.63) is 45.8 Å². The van der Waals surface area contributed by atoms with Crippen LogP contribution in [-0.2, 0) is 4.74 Å². The van der Waals surface area contributed by atoms with Crippen LogP contribution in [0.1, 0.15) is 24.8 Å².